The molecule has 2 N–H and O–H groups in total. The number of hydrogen-bond acceptors (Lipinski definition) is 4. The SMILES string of the molecule is O=C(O)c1cc(S(=O)(=O)N2CC(O)(C3CC3)C2)ccc1I. The molecule has 1 saturated carbocycles. The van der Waals surface area contributed by atoms with Crippen LogP contribution in [0.25, 0.3) is 0 Å². The predicted molar refractivity (Wildman–Crippen MR) is 82.6 cm³/mol. The van der Waals surface area contributed by atoms with Crippen LogP contribution >= 0.6 is 22.6 Å². The average molecular weight is 423 g/mol. The minimum Gasteiger partial charge on any atom is -0.478 e. The highest BCUT2D eigenvalue weighted by Gasteiger charge is 2.55. The molecule has 1 saturated heterocycles. The van der Waals surface area contributed by atoms with Crippen molar-refractivity contribution in [3.05, 3.63) is 27.3 Å². The molecule has 1 heterocycles. The van der Waals surface area contributed by atoms with E-state index in [1.165, 1.54) is 22.5 Å². The van der Waals surface area contributed by atoms with Gasteiger partial charge in [-0.1, -0.05) is 0 Å². The molecule has 0 radical (unpaired) electrons. The fourth-order valence-corrected chi connectivity index (χ4v) is 4.75. The van der Waals surface area contributed by atoms with Crippen molar-refractivity contribution < 1.29 is 23.4 Å². The Morgan fingerprint density at radius 3 is 2.48 bits per heavy atom. The number of hydrogen-bond donors (Lipinski definition) is 2. The highest BCUT2D eigenvalue weighted by molar-refractivity contribution is 14.1. The van der Waals surface area contributed by atoms with Crippen LogP contribution in [-0.4, -0.2) is 47.6 Å². The number of aliphatic hydroxyl groups is 1. The van der Waals surface area contributed by atoms with Gasteiger partial charge in [-0.25, -0.2) is 13.2 Å². The van der Waals surface area contributed by atoms with E-state index in [1.54, 1.807) is 0 Å². The molecule has 2 aliphatic rings. The second-order valence-electron chi connectivity index (χ2n) is 5.60. The fourth-order valence-electron chi connectivity index (χ4n) is 2.59. The lowest BCUT2D eigenvalue weighted by Crippen LogP contribution is -2.64. The van der Waals surface area contributed by atoms with E-state index >= 15 is 0 Å². The number of benzene rings is 1. The minimum atomic E-state index is -3.75. The summed E-state index contributed by atoms with van der Waals surface area (Å²) >= 11 is 1.85. The number of carboxylic acids is 1. The Bertz CT molecular complexity index is 707. The van der Waals surface area contributed by atoms with E-state index in [-0.39, 0.29) is 29.5 Å². The standard InChI is InChI=1S/C13H14INO5S/c14-11-4-3-9(5-10(11)12(16)17)21(19,20)15-6-13(18,7-15)8-1-2-8/h3-5,8,18H,1-2,6-7H2,(H,16,17). The zero-order valence-electron chi connectivity index (χ0n) is 11.0. The zero-order chi connectivity index (χ0) is 15.4. The Kier molecular flexibility index (Phi) is 3.55. The summed E-state index contributed by atoms with van der Waals surface area (Å²) in [5, 5.41) is 19.3. The Balaban J connectivity index is 1.86. The van der Waals surface area contributed by atoms with E-state index in [1.807, 2.05) is 22.6 Å². The molecule has 6 nitrogen and oxygen atoms in total. The number of nitrogens with zero attached hydrogens (tertiary/aromatic N) is 1. The predicted octanol–water partition coefficient (Wildman–Crippen LogP) is 1.13. The molecule has 114 valence electrons. The summed E-state index contributed by atoms with van der Waals surface area (Å²) < 4.78 is 26.6. The van der Waals surface area contributed by atoms with E-state index in [0.717, 1.165) is 12.8 Å². The summed E-state index contributed by atoms with van der Waals surface area (Å²) in [5.41, 5.74) is -0.930. The third-order valence-electron chi connectivity index (χ3n) is 4.04. The second-order valence-corrected chi connectivity index (χ2v) is 8.70. The Hall–Kier alpha value is -0.710. The van der Waals surface area contributed by atoms with Gasteiger partial charge in [0.15, 0.2) is 0 Å². The summed E-state index contributed by atoms with van der Waals surface area (Å²) in [6.07, 6.45) is 1.88. The van der Waals surface area contributed by atoms with Gasteiger partial charge in [0, 0.05) is 16.7 Å². The highest BCUT2D eigenvalue weighted by Crippen LogP contribution is 2.45. The number of rotatable bonds is 4. The van der Waals surface area contributed by atoms with Crippen LogP contribution in [0, 0.1) is 9.49 Å². The third-order valence-corrected chi connectivity index (χ3v) is 6.77. The molecule has 1 aromatic carbocycles. The van der Waals surface area contributed by atoms with Crippen molar-refractivity contribution in [2.45, 2.75) is 23.3 Å². The molecule has 0 spiro atoms. The highest BCUT2D eigenvalue weighted by atomic mass is 127. The van der Waals surface area contributed by atoms with Crippen LogP contribution in [-0.2, 0) is 10.0 Å². The molecular weight excluding hydrogens is 409 g/mol. The van der Waals surface area contributed by atoms with Crippen LogP contribution < -0.4 is 0 Å². The number of carbonyl (C=O) groups is 1. The lowest BCUT2D eigenvalue weighted by atomic mass is 9.91. The Labute approximate surface area is 136 Å². The summed E-state index contributed by atoms with van der Waals surface area (Å²) in [6, 6.07) is 4.05. The average Bonchev–Trinajstić information content (AvgIpc) is 3.19. The number of carboxylic acid groups (broad SMARTS) is 1. The van der Waals surface area contributed by atoms with Gasteiger partial charge in [-0.3, -0.25) is 0 Å². The van der Waals surface area contributed by atoms with Crippen molar-refractivity contribution in [3.63, 3.8) is 0 Å². The summed E-state index contributed by atoms with van der Waals surface area (Å²) in [5.74, 6) is -0.954. The van der Waals surface area contributed by atoms with E-state index in [4.69, 9.17) is 5.11 Å². The summed E-state index contributed by atoms with van der Waals surface area (Å²) in [6.45, 7) is 0.183. The first-order chi connectivity index (χ1) is 9.74. The lowest BCUT2D eigenvalue weighted by Gasteiger charge is -2.45. The monoisotopic (exact) mass is 423 g/mol. The van der Waals surface area contributed by atoms with Gasteiger partial charge in [0.25, 0.3) is 0 Å². The van der Waals surface area contributed by atoms with Crippen LogP contribution in [0.1, 0.15) is 23.2 Å². The van der Waals surface area contributed by atoms with E-state index < -0.39 is 21.6 Å². The van der Waals surface area contributed by atoms with Gasteiger partial charge >= 0.3 is 5.97 Å². The number of halogens is 1. The van der Waals surface area contributed by atoms with Crippen molar-refractivity contribution >= 4 is 38.6 Å². The molecule has 1 aliphatic carbocycles. The maximum atomic E-state index is 12.5. The van der Waals surface area contributed by atoms with Gasteiger partial charge in [-0.05, 0) is 59.5 Å². The van der Waals surface area contributed by atoms with Gasteiger partial charge in [-0.2, -0.15) is 4.31 Å². The number of sulfonamides is 1. The van der Waals surface area contributed by atoms with Crippen LogP contribution in [0.15, 0.2) is 23.1 Å². The molecule has 0 unspecified atom stereocenters. The van der Waals surface area contributed by atoms with Crippen LogP contribution in [0.2, 0.25) is 0 Å². The molecule has 8 heteroatoms. The van der Waals surface area contributed by atoms with Gasteiger partial charge in [0.05, 0.1) is 16.1 Å². The zero-order valence-corrected chi connectivity index (χ0v) is 14.0. The van der Waals surface area contributed by atoms with Gasteiger partial charge < -0.3 is 10.2 Å². The van der Waals surface area contributed by atoms with Gasteiger partial charge in [0.1, 0.15) is 0 Å². The molecule has 0 bridgehead atoms. The van der Waals surface area contributed by atoms with Crippen LogP contribution in [0.3, 0.4) is 0 Å². The van der Waals surface area contributed by atoms with Crippen molar-refractivity contribution in [3.8, 4) is 0 Å². The number of aromatic carboxylic acids is 1. The topological polar surface area (TPSA) is 94.9 Å². The molecule has 3 rings (SSSR count). The molecule has 1 aromatic rings. The maximum absolute atomic E-state index is 12.5. The van der Waals surface area contributed by atoms with E-state index in [2.05, 4.69) is 0 Å². The van der Waals surface area contributed by atoms with Crippen LogP contribution in [0.5, 0.6) is 0 Å². The molecule has 0 atom stereocenters. The van der Waals surface area contributed by atoms with Crippen molar-refractivity contribution in [1.82, 2.24) is 4.31 Å². The second kappa shape index (κ2) is 4.90. The minimum absolute atomic E-state index is 0.0327. The molecule has 0 aromatic heterocycles. The van der Waals surface area contributed by atoms with E-state index in [0.29, 0.717) is 3.57 Å². The molecule has 21 heavy (non-hydrogen) atoms. The molecular formula is C13H14INO5S. The summed E-state index contributed by atoms with van der Waals surface area (Å²) in [4.78, 5) is 11.1. The largest absolute Gasteiger partial charge is 0.478 e. The molecule has 2 fully saturated rings. The molecule has 1 aliphatic heterocycles. The normalized spacial score (nSPS) is 21.8. The van der Waals surface area contributed by atoms with E-state index in [9.17, 15) is 18.3 Å². The first kappa shape index (κ1) is 15.2. The smallest absolute Gasteiger partial charge is 0.336 e. The molecule has 0 amide bonds. The first-order valence-electron chi connectivity index (χ1n) is 6.49. The summed E-state index contributed by atoms with van der Waals surface area (Å²) in [7, 11) is -3.75. The maximum Gasteiger partial charge on any atom is 0.336 e. The van der Waals surface area contributed by atoms with Crippen molar-refractivity contribution in [2.75, 3.05) is 13.1 Å². The number of β-amino-alcohol motifs (C(OH)–C–C–N with tert-alkyl or cyclic N) is 1. The third kappa shape index (κ3) is 2.58. The van der Waals surface area contributed by atoms with Gasteiger partial charge in [-0.15, -0.1) is 0 Å². The first-order valence-corrected chi connectivity index (χ1v) is 9.01. The van der Waals surface area contributed by atoms with Crippen molar-refractivity contribution in [2.24, 2.45) is 5.92 Å². The Morgan fingerprint density at radius 2 is 1.95 bits per heavy atom. The fraction of sp³-hybridized carbons (Fsp3) is 0.462. The van der Waals surface area contributed by atoms with Crippen molar-refractivity contribution in [1.29, 1.82) is 0 Å². The Morgan fingerprint density at radius 1 is 1.33 bits per heavy atom. The van der Waals surface area contributed by atoms with Crippen LogP contribution in [0.4, 0.5) is 0 Å². The quantitative estimate of drug-likeness (QED) is 0.709. The van der Waals surface area contributed by atoms with Gasteiger partial charge in [0.2, 0.25) is 10.0 Å². The lowest BCUT2D eigenvalue weighted by molar-refractivity contribution is -0.0764.